The minimum Gasteiger partial charge on any atom is -0.550 e. The van der Waals surface area contributed by atoms with Crippen LogP contribution in [0, 0.1) is 11.6 Å². The molecule has 0 spiro atoms. The van der Waals surface area contributed by atoms with E-state index in [1.165, 1.54) is 30.3 Å². The number of hydrogen-bond acceptors (Lipinski definition) is 6. The average Bonchev–Trinajstić information content (AvgIpc) is 2.77. The van der Waals surface area contributed by atoms with Crippen LogP contribution in [0.4, 0.5) is 8.78 Å². The predicted octanol–water partition coefficient (Wildman–Crippen LogP) is 0.481. The van der Waals surface area contributed by atoms with E-state index in [0.29, 0.717) is 33.6 Å². The number of aliphatic hydroxyl groups is 2. The van der Waals surface area contributed by atoms with E-state index in [-0.39, 0.29) is 41.9 Å². The zero-order valence-corrected chi connectivity index (χ0v) is 21.8. The van der Waals surface area contributed by atoms with Crippen LogP contribution in [0.3, 0.4) is 0 Å². The molecule has 178 valence electrons. The summed E-state index contributed by atoms with van der Waals surface area (Å²) in [6.07, 6.45) is -0.130. The van der Waals surface area contributed by atoms with E-state index >= 15 is 0 Å². The largest absolute Gasteiger partial charge is 1.00 e. The molecule has 0 radical (unpaired) electrons. The number of hydrogen-bond donors (Lipinski definition) is 2. The van der Waals surface area contributed by atoms with E-state index in [4.69, 9.17) is 0 Å². The van der Waals surface area contributed by atoms with Gasteiger partial charge in [0.15, 0.2) is 0 Å². The molecule has 2 unspecified atom stereocenters. The summed E-state index contributed by atoms with van der Waals surface area (Å²) < 4.78 is 27.2. The van der Waals surface area contributed by atoms with Crippen molar-refractivity contribution in [2.45, 2.75) is 44.8 Å². The van der Waals surface area contributed by atoms with Gasteiger partial charge in [-0.2, -0.15) is 5.10 Å². The summed E-state index contributed by atoms with van der Waals surface area (Å²) in [5, 5.41) is 39.6. The van der Waals surface area contributed by atoms with Crippen LogP contribution in [0.1, 0.15) is 43.9 Å². The van der Waals surface area contributed by atoms with Crippen molar-refractivity contribution in [2.75, 3.05) is 0 Å². The van der Waals surface area contributed by atoms with E-state index in [9.17, 15) is 28.9 Å². The molecule has 0 amide bonds. The SMILES string of the molecule is CC(C)c1nnc(-c2ccc(F)cc2)c(-c2ccc(F)cc2)c1C=CC(O)CC(O)CC(=O)[O-].[Na+]. The number of nitrogens with zero attached hydrogens (tertiary/aromatic N) is 2. The van der Waals surface area contributed by atoms with Crippen molar-refractivity contribution in [1.82, 2.24) is 10.2 Å². The Hall–Kier alpha value is -2.49. The van der Waals surface area contributed by atoms with Gasteiger partial charge in [-0.05, 0) is 47.9 Å². The smallest absolute Gasteiger partial charge is 0.550 e. The van der Waals surface area contributed by atoms with Crippen molar-refractivity contribution < 1.29 is 58.5 Å². The van der Waals surface area contributed by atoms with Crippen molar-refractivity contribution in [1.29, 1.82) is 0 Å². The van der Waals surface area contributed by atoms with Gasteiger partial charge in [-0.15, -0.1) is 5.10 Å². The van der Waals surface area contributed by atoms with E-state index in [0.717, 1.165) is 0 Å². The fourth-order valence-corrected chi connectivity index (χ4v) is 3.62. The first-order chi connectivity index (χ1) is 16.2. The van der Waals surface area contributed by atoms with Crippen LogP contribution in [0.5, 0.6) is 0 Å². The Morgan fingerprint density at radius 1 is 0.971 bits per heavy atom. The molecule has 0 saturated carbocycles. The summed E-state index contributed by atoms with van der Waals surface area (Å²) in [6.45, 7) is 3.85. The van der Waals surface area contributed by atoms with Crippen LogP contribution < -0.4 is 34.7 Å². The first-order valence-corrected chi connectivity index (χ1v) is 10.8. The summed E-state index contributed by atoms with van der Waals surface area (Å²) in [4.78, 5) is 10.7. The normalized spacial score (nSPS) is 13.0. The minimum absolute atomic E-state index is 0. The number of rotatable bonds is 9. The fourth-order valence-electron chi connectivity index (χ4n) is 3.62. The molecule has 3 rings (SSSR count). The summed E-state index contributed by atoms with van der Waals surface area (Å²) in [7, 11) is 0. The predicted molar refractivity (Wildman–Crippen MR) is 122 cm³/mol. The van der Waals surface area contributed by atoms with E-state index < -0.39 is 36.2 Å². The monoisotopic (exact) mass is 490 g/mol. The Labute approximate surface area is 224 Å². The van der Waals surface area contributed by atoms with Gasteiger partial charge in [0, 0.05) is 35.5 Å². The van der Waals surface area contributed by atoms with Gasteiger partial charge in [-0.1, -0.05) is 38.1 Å². The van der Waals surface area contributed by atoms with Crippen LogP contribution in [0.25, 0.3) is 28.5 Å². The summed E-state index contributed by atoms with van der Waals surface area (Å²) in [6, 6.07) is 11.6. The van der Waals surface area contributed by atoms with Crippen molar-refractivity contribution in [2.24, 2.45) is 0 Å². The number of aromatic nitrogens is 2. The second-order valence-electron chi connectivity index (χ2n) is 8.28. The zero-order valence-electron chi connectivity index (χ0n) is 19.8. The fraction of sp³-hybridized carbons (Fsp3) is 0.269. The van der Waals surface area contributed by atoms with Crippen molar-refractivity contribution in [3.05, 3.63) is 77.5 Å². The number of benzene rings is 2. The van der Waals surface area contributed by atoms with Gasteiger partial charge in [0.2, 0.25) is 0 Å². The van der Waals surface area contributed by atoms with Crippen LogP contribution >= 0.6 is 0 Å². The maximum atomic E-state index is 13.7. The molecule has 2 N–H and O–H groups in total. The Morgan fingerprint density at radius 3 is 2.03 bits per heavy atom. The topological polar surface area (TPSA) is 106 Å². The summed E-state index contributed by atoms with van der Waals surface area (Å²) in [5.41, 5.74) is 3.53. The number of halogens is 2. The second kappa shape index (κ2) is 13.0. The molecule has 2 atom stereocenters. The first-order valence-electron chi connectivity index (χ1n) is 10.8. The average molecular weight is 490 g/mol. The number of carbonyl (C=O) groups is 1. The zero-order chi connectivity index (χ0) is 24.8. The van der Waals surface area contributed by atoms with Crippen LogP contribution in [-0.4, -0.2) is 38.6 Å². The number of carboxylic acid groups (broad SMARTS) is 1. The van der Waals surface area contributed by atoms with Crippen molar-refractivity contribution >= 4 is 12.0 Å². The molecular formula is C26H25F2N2NaO4. The van der Waals surface area contributed by atoms with Crippen molar-refractivity contribution in [3.8, 4) is 22.4 Å². The molecule has 1 aromatic heterocycles. The van der Waals surface area contributed by atoms with Crippen LogP contribution in [0.15, 0.2) is 54.6 Å². The van der Waals surface area contributed by atoms with Gasteiger partial charge in [-0.25, -0.2) is 8.78 Å². The molecule has 0 aliphatic heterocycles. The molecule has 0 fully saturated rings. The molecule has 0 saturated heterocycles. The van der Waals surface area contributed by atoms with Crippen molar-refractivity contribution in [3.63, 3.8) is 0 Å². The molecular weight excluding hydrogens is 465 g/mol. The number of carboxylic acids is 1. The van der Waals surface area contributed by atoms with E-state index in [1.807, 2.05) is 13.8 Å². The summed E-state index contributed by atoms with van der Waals surface area (Å²) >= 11 is 0. The maximum absolute atomic E-state index is 13.7. The number of carbonyl (C=O) groups excluding carboxylic acids is 1. The van der Waals surface area contributed by atoms with Crippen LogP contribution in [0.2, 0.25) is 0 Å². The number of aliphatic carboxylic acids is 1. The minimum atomic E-state index is -1.41. The van der Waals surface area contributed by atoms with Gasteiger partial charge in [0.1, 0.15) is 17.3 Å². The van der Waals surface area contributed by atoms with Gasteiger partial charge < -0.3 is 20.1 Å². The van der Waals surface area contributed by atoms with Crippen LogP contribution in [-0.2, 0) is 4.79 Å². The number of aliphatic hydroxyl groups excluding tert-OH is 2. The van der Waals surface area contributed by atoms with Gasteiger partial charge in [-0.3, -0.25) is 0 Å². The molecule has 9 heteroatoms. The molecule has 0 aliphatic rings. The maximum Gasteiger partial charge on any atom is 1.00 e. The Morgan fingerprint density at radius 2 is 1.51 bits per heavy atom. The van der Waals surface area contributed by atoms with E-state index in [2.05, 4.69) is 10.2 Å². The third-order valence-electron chi connectivity index (χ3n) is 5.24. The Kier molecular flexibility index (Phi) is 10.7. The van der Waals surface area contributed by atoms with Gasteiger partial charge in [0.25, 0.3) is 0 Å². The standard InChI is InChI=1S/C26H26F2N2O4.Na/c1-15(2)25-22(12-11-20(31)13-21(32)14-23(33)34)24(16-3-7-18(27)8-4-16)26(30-29-25)17-5-9-19(28)10-6-17;/h3-12,15,20-21,31-32H,13-14H2,1-2H3,(H,33,34);/q;+1/p-1. The quantitative estimate of drug-likeness (QED) is 0.423. The first kappa shape index (κ1) is 28.7. The molecule has 35 heavy (non-hydrogen) atoms. The molecule has 2 aromatic carbocycles. The molecule has 3 aromatic rings. The Balaban J connectivity index is 0.00000432. The Bertz CT molecular complexity index is 1170. The molecule has 1 heterocycles. The summed E-state index contributed by atoms with van der Waals surface area (Å²) in [5.74, 6) is -2.29. The molecule has 0 bridgehead atoms. The van der Waals surface area contributed by atoms with E-state index in [1.54, 1.807) is 30.3 Å². The van der Waals surface area contributed by atoms with Gasteiger partial charge in [0.05, 0.1) is 17.9 Å². The van der Waals surface area contributed by atoms with Gasteiger partial charge >= 0.3 is 29.6 Å². The third-order valence-corrected chi connectivity index (χ3v) is 5.24. The second-order valence-corrected chi connectivity index (χ2v) is 8.28. The third kappa shape index (κ3) is 7.75. The molecule has 0 aliphatic carbocycles. The molecule has 6 nitrogen and oxygen atoms in total.